The van der Waals surface area contributed by atoms with Gasteiger partial charge in [0, 0.05) is 25.4 Å². The first-order valence-electron chi connectivity index (χ1n) is 8.09. The zero-order chi connectivity index (χ0) is 17.1. The molecule has 1 aromatic carbocycles. The third-order valence-electron chi connectivity index (χ3n) is 4.22. The van der Waals surface area contributed by atoms with Gasteiger partial charge in [0.1, 0.15) is 17.1 Å². The van der Waals surface area contributed by atoms with Crippen LogP contribution in [0.25, 0.3) is 0 Å². The van der Waals surface area contributed by atoms with Gasteiger partial charge in [0.25, 0.3) is 0 Å². The largest absolute Gasteiger partial charge is 0.466 e. The number of carbonyl (C=O) groups excluding carboxylic acids is 2. The van der Waals surface area contributed by atoms with Crippen LogP contribution in [0, 0.1) is 19.8 Å². The van der Waals surface area contributed by atoms with Crippen LogP contribution < -0.4 is 0 Å². The van der Waals surface area contributed by atoms with Crippen LogP contribution in [0.15, 0.2) is 40.8 Å². The summed E-state index contributed by atoms with van der Waals surface area (Å²) in [6.07, 6.45) is 0.420. The van der Waals surface area contributed by atoms with Gasteiger partial charge in [-0.2, -0.15) is 0 Å². The predicted molar refractivity (Wildman–Crippen MR) is 88.4 cm³/mol. The fraction of sp³-hybridized carbons (Fsp3) is 0.368. The third kappa shape index (κ3) is 3.67. The lowest BCUT2D eigenvalue weighted by Crippen LogP contribution is -2.25. The van der Waals surface area contributed by atoms with E-state index in [9.17, 15) is 9.59 Å². The van der Waals surface area contributed by atoms with E-state index >= 15 is 0 Å². The monoisotopic (exact) mass is 327 g/mol. The molecule has 1 aromatic heterocycles. The zero-order valence-electron chi connectivity index (χ0n) is 14.0. The molecule has 1 atom stereocenters. The fourth-order valence-electron chi connectivity index (χ4n) is 3.03. The summed E-state index contributed by atoms with van der Waals surface area (Å²) in [7, 11) is 0. The number of likely N-dealkylation sites (tertiary alicyclic amines) is 1. The van der Waals surface area contributed by atoms with E-state index in [4.69, 9.17) is 9.15 Å². The van der Waals surface area contributed by atoms with Gasteiger partial charge in [-0.25, -0.2) is 4.79 Å². The van der Waals surface area contributed by atoms with Gasteiger partial charge in [0.05, 0.1) is 6.61 Å². The zero-order valence-corrected chi connectivity index (χ0v) is 14.0. The van der Waals surface area contributed by atoms with Crippen molar-refractivity contribution in [1.29, 1.82) is 0 Å². The van der Waals surface area contributed by atoms with Gasteiger partial charge in [0.15, 0.2) is 0 Å². The molecular weight excluding hydrogens is 306 g/mol. The lowest BCUT2D eigenvalue weighted by atomic mass is 10.1. The van der Waals surface area contributed by atoms with E-state index in [0.29, 0.717) is 36.6 Å². The lowest BCUT2D eigenvalue weighted by molar-refractivity contribution is -0.128. The van der Waals surface area contributed by atoms with Crippen LogP contribution in [-0.4, -0.2) is 29.9 Å². The Morgan fingerprint density at radius 3 is 2.71 bits per heavy atom. The second-order valence-corrected chi connectivity index (χ2v) is 6.26. The maximum Gasteiger partial charge on any atom is 0.341 e. The molecule has 1 saturated heterocycles. The molecule has 126 valence electrons. The van der Waals surface area contributed by atoms with Crippen LogP contribution in [0.2, 0.25) is 0 Å². The summed E-state index contributed by atoms with van der Waals surface area (Å²) in [5.41, 5.74) is 1.56. The molecule has 1 aliphatic rings. The van der Waals surface area contributed by atoms with Crippen LogP contribution in [0.1, 0.15) is 33.9 Å². The number of hydrogen-bond donors (Lipinski definition) is 0. The topological polar surface area (TPSA) is 59.8 Å². The van der Waals surface area contributed by atoms with Crippen molar-refractivity contribution < 1.29 is 18.7 Å². The summed E-state index contributed by atoms with van der Waals surface area (Å²) in [4.78, 5) is 26.1. The number of rotatable bonds is 5. The third-order valence-corrected chi connectivity index (χ3v) is 4.22. The fourth-order valence-corrected chi connectivity index (χ4v) is 3.03. The molecule has 1 amide bonds. The first-order valence-corrected chi connectivity index (χ1v) is 8.09. The highest BCUT2D eigenvalue weighted by Crippen LogP contribution is 2.21. The van der Waals surface area contributed by atoms with Crippen molar-refractivity contribution in [3.8, 4) is 0 Å². The summed E-state index contributed by atoms with van der Waals surface area (Å²) in [5, 5.41) is 0. The van der Waals surface area contributed by atoms with Gasteiger partial charge < -0.3 is 14.1 Å². The molecule has 2 aromatic rings. The van der Waals surface area contributed by atoms with Gasteiger partial charge in [-0.3, -0.25) is 4.79 Å². The number of amides is 1. The number of hydrogen-bond acceptors (Lipinski definition) is 4. The predicted octanol–water partition coefficient (Wildman–Crippen LogP) is 3.10. The number of furan rings is 1. The molecule has 1 fully saturated rings. The summed E-state index contributed by atoms with van der Waals surface area (Å²) < 4.78 is 10.7. The maximum absolute atomic E-state index is 12.1. The van der Waals surface area contributed by atoms with E-state index in [1.165, 1.54) is 0 Å². The van der Waals surface area contributed by atoms with Gasteiger partial charge in [-0.15, -0.1) is 0 Å². The van der Waals surface area contributed by atoms with Crippen molar-refractivity contribution in [3.63, 3.8) is 0 Å². The van der Waals surface area contributed by atoms with Crippen molar-refractivity contribution in [2.75, 3.05) is 13.2 Å². The second kappa shape index (κ2) is 6.91. The van der Waals surface area contributed by atoms with Crippen molar-refractivity contribution >= 4 is 11.9 Å². The van der Waals surface area contributed by atoms with Crippen LogP contribution in [0.4, 0.5) is 0 Å². The molecule has 3 rings (SSSR count). The Morgan fingerprint density at radius 1 is 1.29 bits per heavy atom. The minimum atomic E-state index is -0.390. The molecule has 2 heterocycles. The van der Waals surface area contributed by atoms with Gasteiger partial charge >= 0.3 is 5.97 Å². The standard InChI is InChI=1S/C19H21NO4/c1-13-8-17(14(2)24-13)19(22)23-12-16-9-18(21)20(11-16)10-15-6-4-3-5-7-15/h3-8,16H,9-12H2,1-2H3/t16-/m1/s1. The first-order chi connectivity index (χ1) is 11.5. The number of nitrogens with zero attached hydrogens (tertiary/aromatic N) is 1. The van der Waals surface area contributed by atoms with Crippen LogP contribution in [0.5, 0.6) is 0 Å². The Labute approximate surface area is 141 Å². The number of aryl methyl sites for hydroxylation is 2. The molecule has 0 unspecified atom stereocenters. The minimum Gasteiger partial charge on any atom is -0.466 e. The first kappa shape index (κ1) is 16.3. The van der Waals surface area contributed by atoms with E-state index in [1.807, 2.05) is 35.2 Å². The number of carbonyl (C=O) groups is 2. The summed E-state index contributed by atoms with van der Waals surface area (Å²) >= 11 is 0. The number of benzene rings is 1. The molecular formula is C19H21NO4. The average molecular weight is 327 g/mol. The van der Waals surface area contributed by atoms with Crippen molar-refractivity contribution in [2.45, 2.75) is 26.8 Å². The molecule has 0 radical (unpaired) electrons. The Morgan fingerprint density at radius 2 is 2.04 bits per heavy atom. The molecule has 5 nitrogen and oxygen atoms in total. The molecule has 0 N–H and O–H groups in total. The van der Waals surface area contributed by atoms with Crippen LogP contribution in [-0.2, 0) is 16.1 Å². The lowest BCUT2D eigenvalue weighted by Gasteiger charge is -2.16. The Bertz CT molecular complexity index is 735. The molecule has 0 bridgehead atoms. The quantitative estimate of drug-likeness (QED) is 0.792. The smallest absolute Gasteiger partial charge is 0.341 e. The Balaban J connectivity index is 1.53. The summed E-state index contributed by atoms with van der Waals surface area (Å²) in [6.45, 7) is 5.00. The van der Waals surface area contributed by atoms with Crippen LogP contribution in [0.3, 0.4) is 0 Å². The van der Waals surface area contributed by atoms with E-state index in [2.05, 4.69) is 0 Å². The normalized spacial score (nSPS) is 17.3. The van der Waals surface area contributed by atoms with E-state index < -0.39 is 5.97 Å². The molecule has 24 heavy (non-hydrogen) atoms. The number of esters is 1. The van der Waals surface area contributed by atoms with Gasteiger partial charge in [-0.05, 0) is 25.5 Å². The SMILES string of the molecule is Cc1cc(C(=O)OC[C@@H]2CC(=O)N(Cc3ccccc3)C2)c(C)o1. The molecule has 5 heteroatoms. The second-order valence-electron chi connectivity index (χ2n) is 6.26. The highest BCUT2D eigenvalue weighted by atomic mass is 16.5. The Kier molecular flexibility index (Phi) is 4.69. The summed E-state index contributed by atoms with van der Waals surface area (Å²) in [5.74, 6) is 1.00. The Hall–Kier alpha value is -2.56. The van der Waals surface area contributed by atoms with E-state index in [-0.39, 0.29) is 18.4 Å². The highest BCUT2D eigenvalue weighted by Gasteiger charge is 2.30. The van der Waals surface area contributed by atoms with Crippen molar-refractivity contribution in [2.24, 2.45) is 5.92 Å². The highest BCUT2D eigenvalue weighted by molar-refractivity contribution is 5.90. The van der Waals surface area contributed by atoms with E-state index in [1.54, 1.807) is 19.9 Å². The average Bonchev–Trinajstić information content (AvgIpc) is 3.08. The van der Waals surface area contributed by atoms with Gasteiger partial charge in [-0.1, -0.05) is 30.3 Å². The minimum absolute atomic E-state index is 0.0402. The molecule has 0 spiro atoms. The maximum atomic E-state index is 12.1. The number of ether oxygens (including phenoxy) is 1. The van der Waals surface area contributed by atoms with E-state index in [0.717, 1.165) is 5.56 Å². The van der Waals surface area contributed by atoms with Crippen LogP contribution >= 0.6 is 0 Å². The van der Waals surface area contributed by atoms with Crippen molar-refractivity contribution in [3.05, 3.63) is 59.0 Å². The van der Waals surface area contributed by atoms with Crippen molar-refractivity contribution in [1.82, 2.24) is 4.90 Å². The molecule has 0 saturated carbocycles. The molecule has 1 aliphatic heterocycles. The summed E-state index contributed by atoms with van der Waals surface area (Å²) in [6, 6.07) is 11.6. The van der Waals surface area contributed by atoms with Gasteiger partial charge in [0.2, 0.25) is 5.91 Å². The molecule has 0 aliphatic carbocycles.